The standard InChI is InChI=1S/C17H26N4O2/c1-11-12(2)21(16(19)17(3)7-8-17)14(18)15(22)20(11)10-13-6-4-5-9-23-13/h13,18-19H,4-10H2,1-3H3. The molecule has 1 unspecified atom stereocenters. The monoisotopic (exact) mass is 318 g/mol. The highest BCUT2D eigenvalue weighted by Gasteiger charge is 2.43. The molecular weight excluding hydrogens is 292 g/mol. The van der Waals surface area contributed by atoms with Gasteiger partial charge in [-0.2, -0.15) is 0 Å². The number of nitrogens with one attached hydrogen (secondary N) is 2. The van der Waals surface area contributed by atoms with E-state index in [2.05, 4.69) is 0 Å². The number of nitrogens with zero attached hydrogens (tertiary/aromatic N) is 2. The van der Waals surface area contributed by atoms with Crippen LogP contribution in [-0.2, 0) is 11.3 Å². The Labute approximate surface area is 136 Å². The summed E-state index contributed by atoms with van der Waals surface area (Å²) in [5.41, 5.74) is 1.03. The van der Waals surface area contributed by atoms with Crippen LogP contribution in [0.1, 0.15) is 50.4 Å². The number of rotatable bonds is 3. The summed E-state index contributed by atoms with van der Waals surface area (Å²) in [4.78, 5) is 12.7. The smallest absolute Gasteiger partial charge is 0.293 e. The molecule has 0 spiro atoms. The van der Waals surface area contributed by atoms with Crippen molar-refractivity contribution in [1.82, 2.24) is 9.13 Å². The molecule has 23 heavy (non-hydrogen) atoms. The van der Waals surface area contributed by atoms with Crippen LogP contribution in [0.3, 0.4) is 0 Å². The number of hydrogen-bond acceptors (Lipinski definition) is 4. The second-order valence-electron chi connectivity index (χ2n) is 7.17. The van der Waals surface area contributed by atoms with Crippen molar-refractivity contribution in [3.05, 3.63) is 27.2 Å². The van der Waals surface area contributed by atoms with E-state index < -0.39 is 0 Å². The van der Waals surface area contributed by atoms with Crippen LogP contribution in [0.5, 0.6) is 0 Å². The molecular formula is C17H26N4O2. The minimum Gasteiger partial charge on any atom is -0.376 e. The fourth-order valence-electron chi connectivity index (χ4n) is 3.25. The first-order valence-corrected chi connectivity index (χ1v) is 8.44. The van der Waals surface area contributed by atoms with Gasteiger partial charge in [-0.25, -0.2) is 0 Å². The molecule has 1 atom stereocenters. The van der Waals surface area contributed by atoms with Gasteiger partial charge in [0, 0.05) is 23.4 Å². The van der Waals surface area contributed by atoms with E-state index in [-0.39, 0.29) is 22.6 Å². The highest BCUT2D eigenvalue weighted by Crippen LogP contribution is 2.46. The van der Waals surface area contributed by atoms with Crippen LogP contribution in [-0.4, -0.2) is 27.7 Å². The van der Waals surface area contributed by atoms with E-state index >= 15 is 0 Å². The lowest BCUT2D eigenvalue weighted by Gasteiger charge is -2.26. The summed E-state index contributed by atoms with van der Waals surface area (Å²) in [6.07, 6.45) is 5.13. The molecule has 1 aliphatic heterocycles. The molecule has 1 aromatic heterocycles. The van der Waals surface area contributed by atoms with E-state index in [4.69, 9.17) is 15.6 Å². The van der Waals surface area contributed by atoms with E-state index in [1.807, 2.05) is 20.8 Å². The first-order valence-electron chi connectivity index (χ1n) is 8.44. The van der Waals surface area contributed by atoms with Crippen molar-refractivity contribution in [2.75, 3.05) is 6.61 Å². The summed E-state index contributed by atoms with van der Waals surface area (Å²) in [5.74, 6) is 0.376. The van der Waals surface area contributed by atoms with Crippen LogP contribution >= 0.6 is 0 Å². The molecule has 1 saturated heterocycles. The van der Waals surface area contributed by atoms with Crippen LogP contribution in [0.25, 0.3) is 0 Å². The Morgan fingerprint density at radius 3 is 2.57 bits per heavy atom. The van der Waals surface area contributed by atoms with Gasteiger partial charge in [-0.15, -0.1) is 0 Å². The molecule has 6 heteroatoms. The van der Waals surface area contributed by atoms with E-state index in [0.29, 0.717) is 12.4 Å². The first-order chi connectivity index (χ1) is 10.8. The maximum absolute atomic E-state index is 12.7. The molecule has 2 N–H and O–H groups in total. The Hall–Kier alpha value is -1.69. The normalized spacial score (nSPS) is 22.8. The van der Waals surface area contributed by atoms with Crippen LogP contribution in [0, 0.1) is 30.1 Å². The fraction of sp³-hybridized carbons (Fsp3) is 0.706. The lowest BCUT2D eigenvalue weighted by molar-refractivity contribution is 0.00491. The molecule has 1 aromatic rings. The van der Waals surface area contributed by atoms with Crippen molar-refractivity contribution < 1.29 is 4.74 Å². The Balaban J connectivity index is 2.01. The summed E-state index contributed by atoms with van der Waals surface area (Å²) in [6.45, 7) is 7.07. The second kappa shape index (κ2) is 5.74. The number of ether oxygens (including phenoxy) is 1. The van der Waals surface area contributed by atoms with Crippen molar-refractivity contribution in [2.45, 2.75) is 65.5 Å². The van der Waals surface area contributed by atoms with Gasteiger partial charge in [-0.1, -0.05) is 6.92 Å². The Kier molecular flexibility index (Phi) is 4.04. The van der Waals surface area contributed by atoms with Crippen LogP contribution in [0.4, 0.5) is 0 Å². The van der Waals surface area contributed by atoms with Crippen molar-refractivity contribution in [1.29, 1.82) is 10.8 Å². The molecule has 0 aromatic carbocycles. The van der Waals surface area contributed by atoms with Crippen LogP contribution in [0.15, 0.2) is 4.79 Å². The molecule has 126 valence electrons. The highest BCUT2D eigenvalue weighted by molar-refractivity contribution is 5.89. The van der Waals surface area contributed by atoms with Gasteiger partial charge >= 0.3 is 0 Å². The molecule has 6 nitrogen and oxygen atoms in total. The minimum absolute atomic E-state index is 0.0511. The molecule has 1 saturated carbocycles. The van der Waals surface area contributed by atoms with Gasteiger partial charge in [-0.3, -0.25) is 20.2 Å². The SMILES string of the molecule is Cc1c(C)n(C(=N)C2(C)CC2)c(=N)c(=O)n1CC1CCCCO1. The molecule has 1 aliphatic carbocycles. The van der Waals surface area contributed by atoms with E-state index in [0.717, 1.165) is 50.1 Å². The predicted octanol–water partition coefficient (Wildman–Crippen LogP) is 1.94. The molecule has 2 aliphatic rings. The van der Waals surface area contributed by atoms with Gasteiger partial charge in [0.15, 0.2) is 5.49 Å². The maximum Gasteiger partial charge on any atom is 0.293 e. The predicted molar refractivity (Wildman–Crippen MR) is 88.1 cm³/mol. The van der Waals surface area contributed by atoms with Crippen molar-refractivity contribution >= 4 is 5.84 Å². The third-order valence-electron chi connectivity index (χ3n) is 5.39. The quantitative estimate of drug-likeness (QED) is 0.659. The largest absolute Gasteiger partial charge is 0.376 e. The second-order valence-corrected chi connectivity index (χ2v) is 7.17. The van der Waals surface area contributed by atoms with E-state index in [1.165, 1.54) is 4.57 Å². The molecule has 2 fully saturated rings. The summed E-state index contributed by atoms with van der Waals surface area (Å²) in [7, 11) is 0. The average molecular weight is 318 g/mol. The maximum atomic E-state index is 12.7. The van der Waals surface area contributed by atoms with Crippen LogP contribution < -0.4 is 11.0 Å². The summed E-state index contributed by atoms with van der Waals surface area (Å²) >= 11 is 0. The molecule has 0 amide bonds. The topological polar surface area (TPSA) is 83.9 Å². The Morgan fingerprint density at radius 2 is 2.00 bits per heavy atom. The highest BCUT2D eigenvalue weighted by atomic mass is 16.5. The van der Waals surface area contributed by atoms with E-state index in [1.54, 1.807) is 4.57 Å². The summed E-state index contributed by atoms with van der Waals surface area (Å²) < 4.78 is 8.93. The van der Waals surface area contributed by atoms with Crippen molar-refractivity contribution in [3.63, 3.8) is 0 Å². The van der Waals surface area contributed by atoms with Crippen molar-refractivity contribution in [3.8, 4) is 0 Å². The molecule has 2 heterocycles. The number of hydrogen-bond donors (Lipinski definition) is 2. The van der Waals surface area contributed by atoms with Gasteiger partial charge in [0.1, 0.15) is 5.84 Å². The molecule has 0 bridgehead atoms. The summed E-state index contributed by atoms with van der Waals surface area (Å²) in [5, 5.41) is 16.7. The van der Waals surface area contributed by atoms with E-state index in [9.17, 15) is 4.79 Å². The van der Waals surface area contributed by atoms with Gasteiger partial charge < -0.3 is 9.30 Å². The minimum atomic E-state index is -0.323. The van der Waals surface area contributed by atoms with Gasteiger partial charge in [-0.05, 0) is 46.0 Å². The third-order valence-corrected chi connectivity index (χ3v) is 5.39. The molecule has 0 radical (unpaired) electrons. The molecule has 3 rings (SSSR count). The average Bonchev–Trinajstić information content (AvgIpc) is 3.30. The van der Waals surface area contributed by atoms with Gasteiger partial charge in [0.2, 0.25) is 0 Å². The third kappa shape index (κ3) is 2.80. The lowest BCUT2D eigenvalue weighted by Crippen LogP contribution is -2.48. The lowest BCUT2D eigenvalue weighted by atomic mass is 10.1. The number of aromatic nitrogens is 2. The van der Waals surface area contributed by atoms with Gasteiger partial charge in [0.25, 0.3) is 5.56 Å². The van der Waals surface area contributed by atoms with Gasteiger partial charge in [0.05, 0.1) is 12.6 Å². The Bertz CT molecular complexity index is 749. The zero-order valence-electron chi connectivity index (χ0n) is 14.2. The zero-order valence-corrected chi connectivity index (χ0v) is 14.2. The first kappa shape index (κ1) is 16.2. The van der Waals surface area contributed by atoms with Crippen LogP contribution in [0.2, 0.25) is 0 Å². The Morgan fingerprint density at radius 1 is 1.30 bits per heavy atom. The zero-order chi connectivity index (χ0) is 16.8. The van der Waals surface area contributed by atoms with Crippen molar-refractivity contribution in [2.24, 2.45) is 5.41 Å². The summed E-state index contributed by atoms with van der Waals surface area (Å²) in [6, 6.07) is 0. The fourth-order valence-corrected chi connectivity index (χ4v) is 3.25.